The molecule has 0 aliphatic carbocycles. The summed E-state index contributed by atoms with van der Waals surface area (Å²) in [7, 11) is 5.43. The number of amides is 1. The van der Waals surface area contributed by atoms with Gasteiger partial charge in [0.15, 0.2) is 0 Å². The molecule has 7 nitrogen and oxygen atoms in total. The van der Waals surface area contributed by atoms with Crippen LogP contribution in [-0.4, -0.2) is 57.7 Å². The van der Waals surface area contributed by atoms with Gasteiger partial charge in [0.2, 0.25) is 5.91 Å². The van der Waals surface area contributed by atoms with Crippen LogP contribution in [0.1, 0.15) is 28.3 Å². The molecule has 26 heavy (non-hydrogen) atoms. The molecule has 3 heterocycles. The number of fused-ring (bicyclic) bond motifs is 1. The summed E-state index contributed by atoms with van der Waals surface area (Å²) in [6.07, 6.45) is 0.940. The topological polar surface area (TPSA) is 63.5 Å². The Morgan fingerprint density at radius 1 is 1.35 bits per heavy atom. The number of rotatable bonds is 6. The van der Waals surface area contributed by atoms with E-state index in [-0.39, 0.29) is 12.5 Å². The number of carbonyl (C=O) groups is 1. The van der Waals surface area contributed by atoms with E-state index in [1.165, 1.54) is 16.2 Å². The molecule has 0 N–H and O–H groups in total. The highest BCUT2D eigenvalue weighted by molar-refractivity contribution is 5.76. The van der Waals surface area contributed by atoms with Crippen molar-refractivity contribution >= 4 is 5.91 Å². The second-order valence-electron chi connectivity index (χ2n) is 7.01. The Bertz CT molecular complexity index is 784. The first-order chi connectivity index (χ1) is 12.4. The minimum atomic E-state index is -0.0355. The van der Waals surface area contributed by atoms with Gasteiger partial charge in [-0.2, -0.15) is 5.10 Å². The lowest BCUT2D eigenvalue weighted by atomic mass is 10.0. The van der Waals surface area contributed by atoms with E-state index in [2.05, 4.69) is 27.1 Å². The van der Waals surface area contributed by atoms with Crippen molar-refractivity contribution < 1.29 is 9.53 Å². The molecule has 140 valence electrons. The molecule has 2 aromatic heterocycles. The van der Waals surface area contributed by atoms with Crippen molar-refractivity contribution in [1.82, 2.24) is 24.6 Å². The van der Waals surface area contributed by atoms with E-state index in [1.807, 2.05) is 24.7 Å². The van der Waals surface area contributed by atoms with Gasteiger partial charge in [0, 0.05) is 52.0 Å². The Morgan fingerprint density at radius 3 is 2.88 bits per heavy atom. The summed E-state index contributed by atoms with van der Waals surface area (Å²) in [5, 5.41) is 4.61. The fourth-order valence-electron chi connectivity index (χ4n) is 3.24. The molecule has 0 atom stereocenters. The van der Waals surface area contributed by atoms with E-state index in [9.17, 15) is 4.79 Å². The molecular weight excluding hydrogens is 330 g/mol. The second-order valence-corrected chi connectivity index (χ2v) is 7.01. The lowest BCUT2D eigenvalue weighted by molar-refractivity contribution is -0.134. The predicted molar refractivity (Wildman–Crippen MR) is 98.4 cm³/mol. The van der Waals surface area contributed by atoms with Gasteiger partial charge in [-0.15, -0.1) is 0 Å². The zero-order valence-electron chi connectivity index (χ0n) is 16.0. The van der Waals surface area contributed by atoms with E-state index in [4.69, 9.17) is 4.74 Å². The van der Waals surface area contributed by atoms with Gasteiger partial charge in [-0.1, -0.05) is 6.07 Å². The van der Waals surface area contributed by atoms with Crippen molar-refractivity contribution in [2.45, 2.75) is 33.0 Å². The number of pyridine rings is 1. The van der Waals surface area contributed by atoms with E-state index in [0.717, 1.165) is 43.1 Å². The third kappa shape index (κ3) is 4.28. The lowest BCUT2D eigenvalue weighted by Gasteiger charge is -2.27. The molecule has 0 saturated heterocycles. The molecule has 0 saturated carbocycles. The van der Waals surface area contributed by atoms with Crippen LogP contribution in [0.25, 0.3) is 0 Å². The molecular formula is C19H27N5O2. The van der Waals surface area contributed by atoms with E-state index in [0.29, 0.717) is 6.61 Å². The van der Waals surface area contributed by atoms with Crippen LogP contribution in [0, 0.1) is 6.92 Å². The number of likely N-dealkylation sites (N-methyl/N-ethyl adjacent to an activating group) is 1. The SMILES string of the molecule is Cc1cccc(CN2CCc3c(COCC(=O)N(C)C)nn(C)c3C2)n1. The molecule has 0 spiro atoms. The summed E-state index contributed by atoms with van der Waals surface area (Å²) in [6, 6.07) is 6.15. The summed E-state index contributed by atoms with van der Waals surface area (Å²) in [5.74, 6) is -0.0355. The first-order valence-corrected chi connectivity index (χ1v) is 8.90. The van der Waals surface area contributed by atoms with Gasteiger partial charge in [0.25, 0.3) is 0 Å². The highest BCUT2D eigenvalue weighted by Crippen LogP contribution is 2.23. The second kappa shape index (κ2) is 7.97. The van der Waals surface area contributed by atoms with Crippen molar-refractivity contribution in [3.63, 3.8) is 0 Å². The van der Waals surface area contributed by atoms with Crippen molar-refractivity contribution in [1.29, 1.82) is 0 Å². The number of hydrogen-bond donors (Lipinski definition) is 0. The maximum Gasteiger partial charge on any atom is 0.248 e. The van der Waals surface area contributed by atoms with Gasteiger partial charge in [0.05, 0.1) is 23.7 Å². The minimum Gasteiger partial charge on any atom is -0.365 e. The Morgan fingerprint density at radius 2 is 2.15 bits per heavy atom. The molecule has 0 fully saturated rings. The number of carbonyl (C=O) groups excluding carboxylic acids is 1. The number of nitrogens with zero attached hydrogens (tertiary/aromatic N) is 5. The standard InChI is InChI=1S/C19H27N5O2/c1-14-6-5-7-15(20-14)10-24-9-8-16-17(21-23(4)18(16)11-24)12-26-13-19(25)22(2)3/h5-7H,8-13H2,1-4H3. The van der Waals surface area contributed by atoms with Crippen molar-refractivity contribution in [3.8, 4) is 0 Å². The van der Waals surface area contributed by atoms with Gasteiger partial charge in [-0.05, 0) is 25.5 Å². The first-order valence-electron chi connectivity index (χ1n) is 8.90. The number of hydrogen-bond acceptors (Lipinski definition) is 5. The Hall–Kier alpha value is -2.25. The van der Waals surface area contributed by atoms with Crippen LogP contribution in [0.3, 0.4) is 0 Å². The fraction of sp³-hybridized carbons (Fsp3) is 0.526. The largest absolute Gasteiger partial charge is 0.365 e. The fourth-order valence-corrected chi connectivity index (χ4v) is 3.24. The lowest BCUT2D eigenvalue weighted by Crippen LogP contribution is -2.31. The summed E-state index contributed by atoms with van der Waals surface area (Å²) >= 11 is 0. The zero-order valence-corrected chi connectivity index (χ0v) is 16.0. The molecule has 2 aromatic rings. The van der Waals surface area contributed by atoms with Crippen LogP contribution in [0.2, 0.25) is 0 Å². The maximum absolute atomic E-state index is 11.6. The molecule has 1 amide bonds. The number of aryl methyl sites for hydroxylation is 2. The van der Waals surface area contributed by atoms with Crippen molar-refractivity contribution in [2.24, 2.45) is 7.05 Å². The smallest absolute Gasteiger partial charge is 0.248 e. The van der Waals surface area contributed by atoms with Crippen molar-refractivity contribution in [2.75, 3.05) is 27.2 Å². The highest BCUT2D eigenvalue weighted by Gasteiger charge is 2.24. The van der Waals surface area contributed by atoms with Gasteiger partial charge in [-0.25, -0.2) is 0 Å². The monoisotopic (exact) mass is 357 g/mol. The number of aromatic nitrogens is 3. The minimum absolute atomic E-state index is 0.0355. The van der Waals surface area contributed by atoms with Crippen LogP contribution >= 0.6 is 0 Å². The van der Waals surface area contributed by atoms with Gasteiger partial charge < -0.3 is 9.64 Å². The average Bonchev–Trinajstić information content (AvgIpc) is 2.90. The number of ether oxygens (including phenoxy) is 1. The first kappa shape index (κ1) is 18.5. The third-order valence-electron chi connectivity index (χ3n) is 4.70. The van der Waals surface area contributed by atoms with Crippen LogP contribution in [0.5, 0.6) is 0 Å². The summed E-state index contributed by atoms with van der Waals surface area (Å²) in [5.41, 5.74) is 5.58. The Balaban J connectivity index is 1.63. The summed E-state index contributed by atoms with van der Waals surface area (Å²) < 4.78 is 7.51. The van der Waals surface area contributed by atoms with E-state index in [1.54, 1.807) is 14.1 Å². The molecule has 1 aliphatic heterocycles. The van der Waals surface area contributed by atoms with Gasteiger partial charge in [-0.3, -0.25) is 19.4 Å². The van der Waals surface area contributed by atoms with Crippen LogP contribution in [-0.2, 0) is 42.7 Å². The predicted octanol–water partition coefficient (Wildman–Crippen LogP) is 1.29. The molecule has 0 bridgehead atoms. The summed E-state index contributed by atoms with van der Waals surface area (Å²) in [6.45, 7) is 5.15. The molecule has 0 radical (unpaired) electrons. The van der Waals surface area contributed by atoms with Crippen LogP contribution in [0.4, 0.5) is 0 Å². The van der Waals surface area contributed by atoms with Crippen LogP contribution in [0.15, 0.2) is 18.2 Å². The maximum atomic E-state index is 11.6. The van der Waals surface area contributed by atoms with Gasteiger partial charge >= 0.3 is 0 Å². The molecule has 1 aliphatic rings. The normalized spacial score (nSPS) is 14.3. The molecule has 7 heteroatoms. The average molecular weight is 357 g/mol. The van der Waals surface area contributed by atoms with E-state index >= 15 is 0 Å². The highest BCUT2D eigenvalue weighted by atomic mass is 16.5. The van der Waals surface area contributed by atoms with E-state index < -0.39 is 0 Å². The Labute approximate surface area is 154 Å². The van der Waals surface area contributed by atoms with Crippen molar-refractivity contribution in [3.05, 3.63) is 46.5 Å². The third-order valence-corrected chi connectivity index (χ3v) is 4.70. The molecule has 0 aromatic carbocycles. The zero-order chi connectivity index (χ0) is 18.7. The molecule has 0 unspecified atom stereocenters. The van der Waals surface area contributed by atoms with Crippen LogP contribution < -0.4 is 0 Å². The molecule has 3 rings (SSSR count). The quantitative estimate of drug-likeness (QED) is 0.779. The Kier molecular flexibility index (Phi) is 5.68. The van der Waals surface area contributed by atoms with Gasteiger partial charge in [0.1, 0.15) is 6.61 Å². The summed E-state index contributed by atoms with van der Waals surface area (Å²) in [4.78, 5) is 20.2.